The molecule has 2 rings (SSSR count). The number of ether oxygens (including phenoxy) is 3. The molecule has 102 valence electrons. The topological polar surface area (TPSA) is 45.5 Å². The van der Waals surface area contributed by atoms with Gasteiger partial charge in [0.2, 0.25) is 0 Å². The van der Waals surface area contributed by atoms with Crippen LogP contribution in [0.1, 0.15) is 0 Å². The van der Waals surface area contributed by atoms with Gasteiger partial charge < -0.3 is 18.8 Å². The first kappa shape index (κ1) is 13.7. The fourth-order valence-electron chi connectivity index (χ4n) is 1.92. The maximum absolute atomic E-state index is 5.44. The lowest BCUT2D eigenvalue weighted by Gasteiger charge is -2.15. The van der Waals surface area contributed by atoms with Crippen molar-refractivity contribution in [3.8, 4) is 28.5 Å². The van der Waals surface area contributed by atoms with E-state index in [0.717, 1.165) is 15.9 Å². The molecule has 0 aliphatic heterocycles. The second-order valence-electron chi connectivity index (χ2n) is 3.90. The monoisotopic (exact) mass is 326 g/mol. The fraction of sp³-hybridized carbons (Fsp3) is 0.308. The van der Waals surface area contributed by atoms with Crippen LogP contribution in [0.3, 0.4) is 0 Å². The van der Waals surface area contributed by atoms with E-state index in [4.69, 9.17) is 14.2 Å². The van der Waals surface area contributed by atoms with Crippen LogP contribution in [0.4, 0.5) is 0 Å². The number of aromatic nitrogens is 2. The molecule has 0 spiro atoms. The van der Waals surface area contributed by atoms with E-state index in [0.29, 0.717) is 17.2 Å². The molecule has 1 heterocycles. The lowest BCUT2D eigenvalue weighted by Crippen LogP contribution is -1.98. The summed E-state index contributed by atoms with van der Waals surface area (Å²) in [5.41, 5.74) is 1.72. The molecule has 2 aromatic rings. The zero-order chi connectivity index (χ0) is 14.0. The smallest absolute Gasteiger partial charge is 0.135 e. The van der Waals surface area contributed by atoms with E-state index in [1.807, 2.05) is 23.7 Å². The highest BCUT2D eigenvalue weighted by molar-refractivity contribution is 9.10. The maximum atomic E-state index is 5.44. The number of hydrogen-bond acceptors (Lipinski definition) is 4. The Kier molecular flexibility index (Phi) is 3.99. The molecule has 0 radical (unpaired) electrons. The van der Waals surface area contributed by atoms with Gasteiger partial charge in [-0.3, -0.25) is 0 Å². The molecule has 0 N–H and O–H groups in total. The Morgan fingerprint density at radius 1 is 1.05 bits per heavy atom. The van der Waals surface area contributed by atoms with E-state index >= 15 is 0 Å². The number of aryl methyl sites for hydroxylation is 1. The Labute approximate surface area is 120 Å². The van der Waals surface area contributed by atoms with Gasteiger partial charge in [0.05, 0.1) is 38.9 Å². The van der Waals surface area contributed by atoms with Crippen LogP contribution in [-0.4, -0.2) is 30.9 Å². The predicted octanol–water partition coefficient (Wildman–Crippen LogP) is 2.88. The van der Waals surface area contributed by atoms with Crippen LogP contribution in [0, 0.1) is 0 Å². The summed E-state index contributed by atoms with van der Waals surface area (Å²) in [4.78, 5) is 4.22. The van der Waals surface area contributed by atoms with Gasteiger partial charge in [0.25, 0.3) is 0 Å². The van der Waals surface area contributed by atoms with E-state index < -0.39 is 0 Å². The number of rotatable bonds is 4. The van der Waals surface area contributed by atoms with Crippen LogP contribution in [-0.2, 0) is 7.05 Å². The number of nitrogens with zero attached hydrogens (tertiary/aromatic N) is 2. The molecule has 0 aliphatic carbocycles. The highest BCUT2D eigenvalue weighted by Gasteiger charge is 2.20. The molecule has 6 heteroatoms. The summed E-state index contributed by atoms with van der Waals surface area (Å²) in [5.74, 6) is 2.01. The summed E-state index contributed by atoms with van der Waals surface area (Å²) in [6, 6.07) is 3.63. The van der Waals surface area contributed by atoms with Gasteiger partial charge in [0, 0.05) is 19.2 Å². The Balaban J connectivity index is 2.74. The Bertz CT molecular complexity index is 551. The van der Waals surface area contributed by atoms with Crippen molar-refractivity contribution in [2.75, 3.05) is 21.3 Å². The molecule has 0 saturated carbocycles. The van der Waals surface area contributed by atoms with Gasteiger partial charge in [-0.1, -0.05) is 0 Å². The number of benzene rings is 1. The molecule has 0 unspecified atom stereocenters. The van der Waals surface area contributed by atoms with E-state index in [1.165, 1.54) is 0 Å². The first-order valence-corrected chi connectivity index (χ1v) is 6.38. The number of halogens is 1. The summed E-state index contributed by atoms with van der Waals surface area (Å²) in [7, 11) is 6.74. The molecule has 0 fully saturated rings. The zero-order valence-corrected chi connectivity index (χ0v) is 12.8. The molecule has 5 nitrogen and oxygen atoms in total. The summed E-state index contributed by atoms with van der Waals surface area (Å²) in [5, 5.41) is 0. The van der Waals surface area contributed by atoms with Gasteiger partial charge in [0.1, 0.15) is 21.9 Å². The lowest BCUT2D eigenvalue weighted by molar-refractivity contribution is 0.377. The standard InChI is InChI=1S/C13H15BrN2O3/c1-16-7-15-13(14)12(16)11-9(18-3)5-8(17-2)6-10(11)19-4/h5-7H,1-4H3. The average molecular weight is 327 g/mol. The molecule has 0 aliphatic rings. The van der Waals surface area contributed by atoms with Crippen molar-refractivity contribution in [1.82, 2.24) is 9.55 Å². The number of imidazole rings is 1. The van der Waals surface area contributed by atoms with Gasteiger partial charge in [0.15, 0.2) is 0 Å². The van der Waals surface area contributed by atoms with E-state index in [9.17, 15) is 0 Å². The minimum atomic E-state index is 0.667. The number of hydrogen-bond donors (Lipinski definition) is 0. The Hall–Kier alpha value is -1.69. The first-order valence-electron chi connectivity index (χ1n) is 5.59. The minimum absolute atomic E-state index is 0.667. The van der Waals surface area contributed by atoms with Crippen molar-refractivity contribution in [3.05, 3.63) is 23.1 Å². The van der Waals surface area contributed by atoms with Gasteiger partial charge in [-0.2, -0.15) is 0 Å². The normalized spacial score (nSPS) is 10.4. The molecule has 0 amide bonds. The van der Waals surface area contributed by atoms with Crippen LogP contribution in [0.15, 0.2) is 23.1 Å². The molecular formula is C13H15BrN2O3. The minimum Gasteiger partial charge on any atom is -0.496 e. The molecule has 1 aromatic heterocycles. The van der Waals surface area contributed by atoms with Crippen LogP contribution in [0.2, 0.25) is 0 Å². The molecular weight excluding hydrogens is 312 g/mol. The summed E-state index contributed by atoms with van der Waals surface area (Å²) in [6.07, 6.45) is 1.72. The Morgan fingerprint density at radius 3 is 2.00 bits per heavy atom. The Morgan fingerprint density at radius 2 is 1.63 bits per heavy atom. The van der Waals surface area contributed by atoms with Crippen molar-refractivity contribution in [2.45, 2.75) is 0 Å². The predicted molar refractivity (Wildman–Crippen MR) is 76.0 cm³/mol. The first-order chi connectivity index (χ1) is 9.12. The highest BCUT2D eigenvalue weighted by atomic mass is 79.9. The summed E-state index contributed by atoms with van der Waals surface area (Å²) in [6.45, 7) is 0. The fourth-order valence-corrected chi connectivity index (χ4v) is 2.49. The van der Waals surface area contributed by atoms with Gasteiger partial charge in [-0.25, -0.2) is 4.98 Å². The summed E-state index contributed by atoms with van der Waals surface area (Å²) >= 11 is 3.44. The van der Waals surface area contributed by atoms with Gasteiger partial charge in [-0.15, -0.1) is 0 Å². The van der Waals surface area contributed by atoms with E-state index in [1.54, 1.807) is 27.7 Å². The second-order valence-corrected chi connectivity index (χ2v) is 4.65. The third-order valence-electron chi connectivity index (χ3n) is 2.84. The van der Waals surface area contributed by atoms with E-state index in [-0.39, 0.29) is 0 Å². The largest absolute Gasteiger partial charge is 0.496 e. The molecule has 19 heavy (non-hydrogen) atoms. The van der Waals surface area contributed by atoms with Crippen molar-refractivity contribution >= 4 is 15.9 Å². The van der Waals surface area contributed by atoms with Gasteiger partial charge in [-0.05, 0) is 15.9 Å². The van der Waals surface area contributed by atoms with Gasteiger partial charge >= 0.3 is 0 Å². The molecule has 1 aromatic carbocycles. The number of methoxy groups -OCH3 is 3. The zero-order valence-electron chi connectivity index (χ0n) is 11.2. The third kappa shape index (κ3) is 2.40. The van der Waals surface area contributed by atoms with Crippen molar-refractivity contribution < 1.29 is 14.2 Å². The summed E-state index contributed by atoms with van der Waals surface area (Å²) < 4.78 is 18.8. The quantitative estimate of drug-likeness (QED) is 0.866. The average Bonchev–Trinajstić information content (AvgIpc) is 2.76. The molecule has 0 atom stereocenters. The van der Waals surface area contributed by atoms with Crippen LogP contribution >= 0.6 is 15.9 Å². The molecule has 0 bridgehead atoms. The second kappa shape index (κ2) is 5.52. The molecule has 0 saturated heterocycles. The third-order valence-corrected chi connectivity index (χ3v) is 3.42. The highest BCUT2D eigenvalue weighted by Crippen LogP contribution is 2.43. The van der Waals surface area contributed by atoms with Crippen molar-refractivity contribution in [3.63, 3.8) is 0 Å². The van der Waals surface area contributed by atoms with Crippen LogP contribution in [0.5, 0.6) is 17.2 Å². The van der Waals surface area contributed by atoms with Crippen molar-refractivity contribution in [2.24, 2.45) is 7.05 Å². The SMILES string of the molecule is COc1cc(OC)c(-c2c(Br)ncn2C)c(OC)c1. The van der Waals surface area contributed by atoms with Crippen LogP contribution in [0.25, 0.3) is 11.3 Å². The maximum Gasteiger partial charge on any atom is 0.135 e. The van der Waals surface area contributed by atoms with E-state index in [2.05, 4.69) is 20.9 Å². The lowest BCUT2D eigenvalue weighted by atomic mass is 10.1. The van der Waals surface area contributed by atoms with Crippen LogP contribution < -0.4 is 14.2 Å². The van der Waals surface area contributed by atoms with Crippen molar-refractivity contribution in [1.29, 1.82) is 0 Å².